The van der Waals surface area contributed by atoms with Crippen LogP contribution >= 0.6 is 11.6 Å². The number of imidazole rings is 1. The van der Waals surface area contributed by atoms with Gasteiger partial charge in [-0.25, -0.2) is 18.7 Å². The van der Waals surface area contributed by atoms with Crippen molar-refractivity contribution < 1.29 is 23.0 Å². The van der Waals surface area contributed by atoms with Gasteiger partial charge in [0.2, 0.25) is 0 Å². The van der Waals surface area contributed by atoms with Crippen LogP contribution in [0.1, 0.15) is 54.5 Å². The first-order chi connectivity index (χ1) is 16.5. The van der Waals surface area contributed by atoms with Gasteiger partial charge in [-0.2, -0.15) is 0 Å². The van der Waals surface area contributed by atoms with Gasteiger partial charge in [0.1, 0.15) is 22.6 Å². The third-order valence-corrected chi connectivity index (χ3v) is 6.34. The summed E-state index contributed by atoms with van der Waals surface area (Å²) in [6.07, 6.45) is -0.0681. The van der Waals surface area contributed by atoms with Crippen molar-refractivity contribution in [1.82, 2.24) is 19.4 Å². The molecule has 1 unspecified atom stereocenters. The first-order valence-corrected chi connectivity index (χ1v) is 11.6. The van der Waals surface area contributed by atoms with Crippen LogP contribution in [0.2, 0.25) is 5.15 Å². The van der Waals surface area contributed by atoms with Crippen LogP contribution in [0.3, 0.4) is 0 Å². The van der Waals surface area contributed by atoms with Gasteiger partial charge in [0.05, 0.1) is 18.5 Å². The number of pyridine rings is 1. The molecule has 0 aliphatic carbocycles. The van der Waals surface area contributed by atoms with Gasteiger partial charge in [-0.1, -0.05) is 11.6 Å². The van der Waals surface area contributed by atoms with E-state index in [1.54, 1.807) is 23.1 Å². The molecule has 2 aliphatic heterocycles. The monoisotopic (exact) mass is 491 g/mol. The topological polar surface area (TPSA) is 81.5 Å². The number of halogens is 3. The Morgan fingerprint density at radius 2 is 2.03 bits per heavy atom. The number of aromatic nitrogens is 3. The van der Waals surface area contributed by atoms with E-state index in [2.05, 4.69) is 15.3 Å². The van der Waals surface area contributed by atoms with Crippen LogP contribution < -0.4 is 10.1 Å². The second kappa shape index (κ2) is 9.34. The van der Waals surface area contributed by atoms with Crippen molar-refractivity contribution in [3.63, 3.8) is 0 Å². The molecule has 0 saturated carbocycles. The van der Waals surface area contributed by atoms with Crippen LogP contribution in [0.25, 0.3) is 11.2 Å². The number of hydrogen-bond acceptors (Lipinski definition) is 6. The van der Waals surface area contributed by atoms with Crippen LogP contribution in [-0.2, 0) is 4.74 Å². The lowest BCUT2D eigenvalue weighted by atomic mass is 10.1. The molecule has 0 spiro atoms. The first-order valence-electron chi connectivity index (χ1n) is 11.2. The van der Waals surface area contributed by atoms with Crippen molar-refractivity contribution in [2.24, 2.45) is 0 Å². The third kappa shape index (κ3) is 4.16. The largest absolute Gasteiger partial charge is 0.495 e. The average molecular weight is 492 g/mol. The second-order valence-corrected chi connectivity index (χ2v) is 8.70. The molecule has 5 rings (SSSR count). The minimum Gasteiger partial charge on any atom is -0.495 e. The number of alkyl halides is 2. The quantitative estimate of drug-likeness (QED) is 0.470. The summed E-state index contributed by atoms with van der Waals surface area (Å²) in [6.45, 7) is 1.97. The van der Waals surface area contributed by atoms with Gasteiger partial charge in [-0.15, -0.1) is 0 Å². The Hall–Kier alpha value is -2.98. The van der Waals surface area contributed by atoms with E-state index >= 15 is 0 Å². The Balaban J connectivity index is 1.54. The number of nitrogens with one attached hydrogen (secondary N) is 1. The number of ether oxygens (including phenoxy) is 2. The molecule has 11 heteroatoms. The number of amides is 1. The Labute approximate surface area is 199 Å². The summed E-state index contributed by atoms with van der Waals surface area (Å²) < 4.78 is 40.5. The molecule has 34 heavy (non-hydrogen) atoms. The predicted molar refractivity (Wildman–Crippen MR) is 123 cm³/mol. The number of hydrogen-bond donors (Lipinski definition) is 1. The highest BCUT2D eigenvalue weighted by atomic mass is 35.5. The molecule has 2 aliphatic rings. The average Bonchev–Trinajstić information content (AvgIpc) is 3.18. The highest BCUT2D eigenvalue weighted by Gasteiger charge is 2.29. The lowest BCUT2D eigenvalue weighted by Gasteiger charge is -2.31. The SMILES string of the molecule is COc1cc(C(=O)N2CCC2)ccc1Nc1cc(Cl)nc2c1nc(C(F)F)n2C1CCCCO1. The van der Waals surface area contributed by atoms with Gasteiger partial charge >= 0.3 is 0 Å². The Bertz CT molecular complexity index is 1230. The van der Waals surface area contributed by atoms with E-state index < -0.39 is 18.5 Å². The van der Waals surface area contributed by atoms with Crippen LogP contribution in [0, 0.1) is 0 Å². The fourth-order valence-corrected chi connectivity index (χ4v) is 4.47. The van der Waals surface area contributed by atoms with E-state index in [1.807, 2.05) is 0 Å². The maximum Gasteiger partial charge on any atom is 0.295 e. The van der Waals surface area contributed by atoms with Crippen molar-refractivity contribution in [3.8, 4) is 5.75 Å². The summed E-state index contributed by atoms with van der Waals surface area (Å²) in [4.78, 5) is 22.8. The van der Waals surface area contributed by atoms with E-state index in [1.165, 1.54) is 17.7 Å². The van der Waals surface area contributed by atoms with E-state index in [0.717, 1.165) is 32.4 Å². The minimum atomic E-state index is -2.81. The van der Waals surface area contributed by atoms with E-state index in [0.29, 0.717) is 35.7 Å². The number of rotatable bonds is 6. The summed E-state index contributed by atoms with van der Waals surface area (Å²) in [5, 5.41) is 3.30. The molecule has 1 N–H and O–H groups in total. The number of carbonyl (C=O) groups excluding carboxylic acids is 1. The first kappa shape index (κ1) is 22.8. The van der Waals surface area contributed by atoms with Crippen molar-refractivity contribution >= 4 is 40.0 Å². The Kier molecular flexibility index (Phi) is 6.26. The van der Waals surface area contributed by atoms with Crippen molar-refractivity contribution in [2.45, 2.75) is 38.3 Å². The molecule has 1 aromatic carbocycles. The van der Waals surface area contributed by atoms with Crippen molar-refractivity contribution in [3.05, 3.63) is 40.8 Å². The Morgan fingerprint density at radius 3 is 2.68 bits per heavy atom. The molecule has 2 saturated heterocycles. The van der Waals surface area contributed by atoms with Gasteiger partial charge in [0.15, 0.2) is 11.5 Å². The third-order valence-electron chi connectivity index (χ3n) is 6.14. The van der Waals surface area contributed by atoms with Crippen LogP contribution in [0.15, 0.2) is 24.3 Å². The van der Waals surface area contributed by atoms with Gasteiger partial charge in [0.25, 0.3) is 12.3 Å². The molecule has 1 amide bonds. The van der Waals surface area contributed by atoms with Crippen molar-refractivity contribution in [1.29, 1.82) is 0 Å². The number of methoxy groups -OCH3 is 1. The van der Waals surface area contributed by atoms with E-state index in [9.17, 15) is 13.6 Å². The fourth-order valence-electron chi connectivity index (χ4n) is 4.28. The molecular formula is C23H24ClF2N5O3. The lowest BCUT2D eigenvalue weighted by Crippen LogP contribution is -2.42. The zero-order chi connectivity index (χ0) is 23.8. The Morgan fingerprint density at radius 1 is 1.21 bits per heavy atom. The molecule has 0 bridgehead atoms. The second-order valence-electron chi connectivity index (χ2n) is 8.31. The standard InChI is InChI=1S/C23H24ClF2N5O3/c1-33-16-11-13(23(32)30-8-4-9-30)6-7-14(16)27-15-12-17(24)28-21-19(15)29-22(20(25)26)31(21)18-5-2-3-10-34-18/h6-7,11-12,18,20H,2-5,8-10H2,1H3,(H,27,28). The highest BCUT2D eigenvalue weighted by Crippen LogP contribution is 2.37. The minimum absolute atomic E-state index is 0.0572. The summed E-state index contributed by atoms with van der Waals surface area (Å²) in [5.74, 6) is -0.0444. The number of benzene rings is 1. The van der Waals surface area contributed by atoms with Gasteiger partial charge in [-0.05, 0) is 43.9 Å². The van der Waals surface area contributed by atoms with E-state index in [-0.39, 0.29) is 22.2 Å². The summed E-state index contributed by atoms with van der Waals surface area (Å²) >= 11 is 6.29. The fraction of sp³-hybridized carbons (Fsp3) is 0.435. The number of nitrogens with zero attached hydrogens (tertiary/aromatic N) is 4. The number of likely N-dealkylation sites (tertiary alicyclic amines) is 1. The molecule has 0 radical (unpaired) electrons. The maximum atomic E-state index is 13.9. The van der Waals surface area contributed by atoms with Crippen LogP contribution in [0.5, 0.6) is 5.75 Å². The molecular weight excluding hydrogens is 468 g/mol. The van der Waals surface area contributed by atoms with Gasteiger partial charge in [-0.3, -0.25) is 9.36 Å². The molecule has 8 nitrogen and oxygen atoms in total. The predicted octanol–water partition coefficient (Wildman–Crippen LogP) is 5.32. The normalized spacial score (nSPS) is 18.3. The number of carbonyl (C=O) groups is 1. The maximum absolute atomic E-state index is 13.9. The van der Waals surface area contributed by atoms with Crippen LogP contribution in [-0.4, -0.2) is 52.1 Å². The summed E-state index contributed by atoms with van der Waals surface area (Å²) in [5.41, 5.74) is 1.91. The summed E-state index contributed by atoms with van der Waals surface area (Å²) in [6, 6.07) is 6.59. The smallest absolute Gasteiger partial charge is 0.295 e. The van der Waals surface area contributed by atoms with Gasteiger partial charge < -0.3 is 19.7 Å². The highest BCUT2D eigenvalue weighted by molar-refractivity contribution is 6.30. The number of anilines is 2. The molecule has 2 fully saturated rings. The molecule has 1 atom stereocenters. The molecule has 4 heterocycles. The molecule has 3 aromatic rings. The zero-order valence-corrected chi connectivity index (χ0v) is 19.3. The van der Waals surface area contributed by atoms with E-state index in [4.69, 9.17) is 21.1 Å². The van der Waals surface area contributed by atoms with Crippen LogP contribution in [0.4, 0.5) is 20.2 Å². The van der Waals surface area contributed by atoms with Crippen molar-refractivity contribution in [2.75, 3.05) is 32.1 Å². The van der Waals surface area contributed by atoms with Gasteiger partial charge in [0, 0.05) is 31.3 Å². The molecule has 180 valence electrons. The summed E-state index contributed by atoms with van der Waals surface area (Å²) in [7, 11) is 1.50. The zero-order valence-electron chi connectivity index (χ0n) is 18.6. The number of fused-ring (bicyclic) bond motifs is 1. The lowest BCUT2D eigenvalue weighted by molar-refractivity contribution is -0.0363. The molecule has 2 aromatic heterocycles.